The Kier molecular flexibility index (Phi) is 16.5. The van der Waals surface area contributed by atoms with Gasteiger partial charge in [0, 0.05) is 47.4 Å². The lowest BCUT2D eigenvalue weighted by atomic mass is 10.0. The molecule has 2 aliphatic heterocycles. The normalized spacial score (nSPS) is 15.7. The summed E-state index contributed by atoms with van der Waals surface area (Å²) in [5.41, 5.74) is 17.4. The van der Waals surface area contributed by atoms with Gasteiger partial charge in [-0.05, 0) is 75.8 Å². The van der Waals surface area contributed by atoms with Crippen molar-refractivity contribution in [2.75, 3.05) is 39.3 Å². The highest BCUT2D eigenvalue weighted by Gasteiger charge is 2.17. The molecule has 6 nitrogen and oxygen atoms in total. The van der Waals surface area contributed by atoms with Gasteiger partial charge >= 0.3 is 0 Å². The first-order chi connectivity index (χ1) is 22.4. The molecule has 48 heavy (non-hydrogen) atoms. The fraction of sp³-hybridized carbons (Fsp3) is 0.350. The highest BCUT2D eigenvalue weighted by atomic mass is 35.5. The van der Waals surface area contributed by atoms with Crippen LogP contribution in [0.4, 0.5) is 0 Å². The third kappa shape index (κ3) is 12.0. The maximum absolute atomic E-state index is 12.4. The van der Waals surface area contributed by atoms with E-state index in [1.54, 1.807) is 0 Å². The molecule has 8 heteroatoms. The zero-order chi connectivity index (χ0) is 32.1. The van der Waals surface area contributed by atoms with Crippen molar-refractivity contribution in [2.24, 2.45) is 11.5 Å². The molecular formula is C40H50Cl2N4O2. The SMILES string of the molecule is Cl.Cl.NC1CCN(CCc2ccc(C(=O)c3ccccc3)cc2)CC1.NC1CCN(CCc2ccc(C(=O)c3ccccc3)cc2)CC1. The van der Waals surface area contributed by atoms with Crippen LogP contribution in [0, 0.1) is 0 Å². The van der Waals surface area contributed by atoms with Crippen molar-refractivity contribution in [1.82, 2.24) is 9.80 Å². The molecule has 256 valence electrons. The summed E-state index contributed by atoms with van der Waals surface area (Å²) >= 11 is 0. The molecule has 0 unspecified atom stereocenters. The Labute approximate surface area is 298 Å². The highest BCUT2D eigenvalue weighted by Crippen LogP contribution is 2.15. The van der Waals surface area contributed by atoms with E-state index in [-0.39, 0.29) is 36.4 Å². The van der Waals surface area contributed by atoms with E-state index in [0.717, 1.165) is 100 Å². The van der Waals surface area contributed by atoms with Crippen LogP contribution in [0.2, 0.25) is 0 Å². The number of nitrogens with zero attached hydrogens (tertiary/aromatic N) is 2. The molecule has 0 aromatic heterocycles. The molecule has 0 radical (unpaired) electrons. The molecule has 0 atom stereocenters. The lowest BCUT2D eigenvalue weighted by Gasteiger charge is -2.29. The minimum atomic E-state index is 0. The van der Waals surface area contributed by atoms with Crippen molar-refractivity contribution in [3.05, 3.63) is 143 Å². The zero-order valence-corrected chi connectivity index (χ0v) is 29.3. The second-order valence-electron chi connectivity index (χ2n) is 12.6. The standard InChI is InChI=1S/2C20H24N2O.2ClH/c2*21-19-11-14-22(15-12-19)13-10-16-6-8-18(9-7-16)20(23)17-4-2-1-3-5-17;;/h2*1-9,19H,10-15,21H2;2*1H. The third-order valence-electron chi connectivity index (χ3n) is 9.20. The van der Waals surface area contributed by atoms with Gasteiger partial charge in [0.1, 0.15) is 0 Å². The predicted octanol–water partition coefficient (Wildman–Crippen LogP) is 6.61. The van der Waals surface area contributed by atoms with E-state index < -0.39 is 0 Å². The van der Waals surface area contributed by atoms with Crippen molar-refractivity contribution >= 4 is 36.4 Å². The van der Waals surface area contributed by atoms with Gasteiger partial charge in [0.05, 0.1) is 0 Å². The fourth-order valence-corrected chi connectivity index (χ4v) is 6.09. The highest BCUT2D eigenvalue weighted by molar-refractivity contribution is 6.09. The van der Waals surface area contributed by atoms with Crippen LogP contribution in [0.15, 0.2) is 109 Å². The van der Waals surface area contributed by atoms with Crippen molar-refractivity contribution in [1.29, 1.82) is 0 Å². The molecule has 2 saturated heterocycles. The number of nitrogens with two attached hydrogens (primary N) is 2. The summed E-state index contributed by atoms with van der Waals surface area (Å²) in [5, 5.41) is 0. The van der Waals surface area contributed by atoms with Crippen molar-refractivity contribution in [3.63, 3.8) is 0 Å². The molecule has 2 heterocycles. The number of ketones is 2. The topological polar surface area (TPSA) is 92.7 Å². The Morgan fingerprint density at radius 2 is 0.771 bits per heavy atom. The number of hydrogen-bond acceptors (Lipinski definition) is 6. The first-order valence-electron chi connectivity index (χ1n) is 16.8. The van der Waals surface area contributed by atoms with Crippen LogP contribution < -0.4 is 11.5 Å². The van der Waals surface area contributed by atoms with Gasteiger partial charge in [-0.1, -0.05) is 109 Å². The number of halogens is 2. The van der Waals surface area contributed by atoms with E-state index in [1.807, 2.05) is 84.9 Å². The molecule has 4 N–H and O–H groups in total. The first kappa shape index (κ1) is 39.1. The zero-order valence-electron chi connectivity index (χ0n) is 27.7. The van der Waals surface area contributed by atoms with Gasteiger partial charge in [-0.25, -0.2) is 0 Å². The van der Waals surface area contributed by atoms with Gasteiger partial charge in [-0.15, -0.1) is 24.8 Å². The van der Waals surface area contributed by atoms with E-state index in [9.17, 15) is 9.59 Å². The lowest BCUT2D eigenvalue weighted by molar-refractivity contribution is 0.103. The summed E-state index contributed by atoms with van der Waals surface area (Å²) in [7, 11) is 0. The fourth-order valence-electron chi connectivity index (χ4n) is 6.09. The molecule has 0 bridgehead atoms. The van der Waals surface area contributed by atoms with Gasteiger partial charge < -0.3 is 21.3 Å². The molecule has 0 amide bonds. The number of benzene rings is 4. The maximum Gasteiger partial charge on any atom is 0.193 e. The second kappa shape index (κ2) is 20.2. The van der Waals surface area contributed by atoms with Crippen molar-refractivity contribution in [3.8, 4) is 0 Å². The Morgan fingerprint density at radius 3 is 1.08 bits per heavy atom. The lowest BCUT2D eigenvalue weighted by Crippen LogP contribution is -2.40. The molecule has 0 aliphatic carbocycles. The number of carbonyl (C=O) groups excluding carboxylic acids is 2. The molecule has 0 saturated carbocycles. The van der Waals surface area contributed by atoms with Gasteiger partial charge in [0.15, 0.2) is 11.6 Å². The summed E-state index contributed by atoms with van der Waals surface area (Å²) in [4.78, 5) is 29.7. The number of hydrogen-bond donors (Lipinski definition) is 2. The monoisotopic (exact) mass is 688 g/mol. The average molecular weight is 690 g/mol. The predicted molar refractivity (Wildman–Crippen MR) is 202 cm³/mol. The van der Waals surface area contributed by atoms with Crippen LogP contribution in [0.3, 0.4) is 0 Å². The van der Waals surface area contributed by atoms with E-state index in [2.05, 4.69) is 34.1 Å². The van der Waals surface area contributed by atoms with Gasteiger partial charge in [0.2, 0.25) is 0 Å². The number of piperidine rings is 2. The van der Waals surface area contributed by atoms with Crippen LogP contribution in [0.25, 0.3) is 0 Å². The molecule has 4 aromatic carbocycles. The van der Waals surface area contributed by atoms with E-state index >= 15 is 0 Å². The Bertz CT molecular complexity index is 1390. The van der Waals surface area contributed by atoms with E-state index in [1.165, 1.54) is 11.1 Å². The average Bonchev–Trinajstić information content (AvgIpc) is 3.12. The third-order valence-corrected chi connectivity index (χ3v) is 9.20. The Hall–Kier alpha value is -3.36. The van der Waals surface area contributed by atoms with Crippen LogP contribution >= 0.6 is 24.8 Å². The summed E-state index contributed by atoms with van der Waals surface area (Å²) in [6, 6.07) is 35.7. The first-order valence-corrected chi connectivity index (χ1v) is 16.8. The minimum absolute atomic E-state index is 0. The second-order valence-corrected chi connectivity index (χ2v) is 12.6. The molecule has 6 rings (SSSR count). The molecule has 2 fully saturated rings. The Morgan fingerprint density at radius 1 is 0.479 bits per heavy atom. The van der Waals surface area contributed by atoms with Crippen molar-refractivity contribution < 1.29 is 9.59 Å². The van der Waals surface area contributed by atoms with Crippen LogP contribution in [0.1, 0.15) is 68.7 Å². The Balaban J connectivity index is 0.000000250. The van der Waals surface area contributed by atoms with Gasteiger partial charge in [0.25, 0.3) is 0 Å². The van der Waals surface area contributed by atoms with Crippen LogP contribution in [0.5, 0.6) is 0 Å². The van der Waals surface area contributed by atoms with Crippen LogP contribution in [-0.2, 0) is 12.8 Å². The summed E-state index contributed by atoms with van der Waals surface area (Å²) in [5.74, 6) is 0.171. The smallest absolute Gasteiger partial charge is 0.193 e. The molecule has 0 spiro atoms. The molecule has 2 aliphatic rings. The van der Waals surface area contributed by atoms with Gasteiger partial charge in [-0.2, -0.15) is 0 Å². The summed E-state index contributed by atoms with van der Waals surface area (Å²) in [6.45, 7) is 6.55. The largest absolute Gasteiger partial charge is 0.328 e. The minimum Gasteiger partial charge on any atom is -0.328 e. The van der Waals surface area contributed by atoms with Gasteiger partial charge in [-0.3, -0.25) is 9.59 Å². The summed E-state index contributed by atoms with van der Waals surface area (Å²) in [6.07, 6.45) is 6.45. The number of carbonyl (C=O) groups is 2. The quantitative estimate of drug-likeness (QED) is 0.182. The molecular weight excluding hydrogens is 639 g/mol. The van der Waals surface area contributed by atoms with Crippen molar-refractivity contribution in [2.45, 2.75) is 50.6 Å². The summed E-state index contributed by atoms with van der Waals surface area (Å²) < 4.78 is 0. The number of rotatable bonds is 10. The number of likely N-dealkylation sites (tertiary alicyclic amines) is 2. The molecule has 4 aromatic rings. The maximum atomic E-state index is 12.4. The van der Waals surface area contributed by atoms with E-state index in [4.69, 9.17) is 11.5 Å². The van der Waals surface area contributed by atoms with Crippen LogP contribution in [-0.4, -0.2) is 72.7 Å². The van der Waals surface area contributed by atoms with E-state index in [0.29, 0.717) is 12.1 Å².